The number of rotatable bonds is 9. The van der Waals surface area contributed by atoms with Crippen LogP contribution in [0.4, 0.5) is 5.69 Å². The van der Waals surface area contributed by atoms with Crippen LogP contribution in [0.2, 0.25) is 0 Å². The largest absolute Gasteiger partial charge is 0.507 e. The number of aliphatic hydroxyl groups excluding tert-OH is 2. The van der Waals surface area contributed by atoms with E-state index in [1.165, 1.54) is 53.2 Å². The molecule has 0 spiro atoms. The smallest absolute Gasteiger partial charge is 0.312 e. The van der Waals surface area contributed by atoms with Crippen LogP contribution in [0, 0.1) is 30.6 Å². The number of hydrogen-bond acceptors (Lipinski definition) is 14. The van der Waals surface area contributed by atoms with E-state index in [9.17, 15) is 39.9 Å². The zero-order chi connectivity index (χ0) is 44.8. The second-order valence-corrected chi connectivity index (χ2v) is 16.3. The number of unbranched alkanes of at least 4 members (excludes halogenated alkanes) is 2. The van der Waals surface area contributed by atoms with E-state index >= 15 is 0 Å². The number of anilines is 1. The molecule has 0 aliphatic carbocycles. The molecule has 60 heavy (non-hydrogen) atoms. The monoisotopic (exact) mass is 838 g/mol. The number of phenolic OH excluding ortho intramolecular Hbond substituents is 3. The SMILES string of the molecule is CCCCCC(C)O/N=C\c1c2c(O)c3c(O)c(C)c4c(c3c1O)C(=O)C(C)(O/C=C/C(OC)C(C)C(OC(C)=O)C(C)C(O)C(C)C(O)C(C)/C=C/C=C(\C)C(=O)N2)O4. The Morgan fingerprint density at radius 2 is 1.67 bits per heavy atom. The number of oxime groups is 1. The van der Waals surface area contributed by atoms with Crippen molar-refractivity contribution < 1.29 is 63.7 Å². The number of carbonyl (C=O) groups is 3. The number of Topliss-reactive ketones (excluding diaryl/α,β-unsaturated/α-hetero) is 1. The first kappa shape index (κ1) is 47.6. The van der Waals surface area contributed by atoms with Crippen molar-refractivity contribution in [3.63, 3.8) is 0 Å². The van der Waals surface area contributed by atoms with Crippen molar-refractivity contribution in [2.45, 2.75) is 131 Å². The highest BCUT2D eigenvalue weighted by Crippen LogP contribution is 2.55. The van der Waals surface area contributed by atoms with Gasteiger partial charge in [-0.25, -0.2) is 0 Å². The molecule has 1 amide bonds. The Labute approximate surface area is 351 Å². The maximum Gasteiger partial charge on any atom is 0.312 e. The molecule has 0 saturated heterocycles. The molecule has 330 valence electrons. The Hall–Kier alpha value is -5.12. The van der Waals surface area contributed by atoms with Gasteiger partial charge in [-0.3, -0.25) is 14.4 Å². The summed E-state index contributed by atoms with van der Waals surface area (Å²) in [5.74, 6) is -8.58. The van der Waals surface area contributed by atoms with Crippen LogP contribution >= 0.6 is 0 Å². The molecule has 0 fully saturated rings. The highest BCUT2D eigenvalue weighted by molar-refractivity contribution is 6.23. The molecule has 0 saturated carbocycles. The lowest BCUT2D eigenvalue weighted by Crippen LogP contribution is -2.46. The van der Waals surface area contributed by atoms with Crippen molar-refractivity contribution in [2.75, 3.05) is 12.4 Å². The molecule has 10 unspecified atom stereocenters. The molecule has 0 radical (unpaired) electrons. The number of amides is 1. The highest BCUT2D eigenvalue weighted by atomic mass is 16.7. The lowest BCUT2D eigenvalue weighted by atomic mass is 9.78. The van der Waals surface area contributed by atoms with Gasteiger partial charge in [0.05, 0.1) is 53.0 Å². The zero-order valence-electron chi connectivity index (χ0n) is 36.4. The number of methoxy groups -OCH3 is 1. The standard InChI is InChI=1S/C45H62N2O13/c1-12-13-14-18-24(4)60-46-21-30-35-40(53)33-32(39(30)52)34-42(28(8)38(33)51)59-45(10,43(34)54)57-20-19-31(56-11)25(5)41(58-29(9)48)27(7)37(50)26(6)36(49)22(2)16-15-17-23(3)44(55)47-35/h15-17,19-22,24-27,31,36-37,41,49-53H,12-14,18H2,1-11H3,(H,47,55)/b16-15+,20-19+,23-17+,46-21-. The number of fused-ring (bicyclic) bond motifs is 14. The van der Waals surface area contributed by atoms with Crippen molar-refractivity contribution in [1.82, 2.24) is 0 Å². The first-order valence-corrected chi connectivity index (χ1v) is 20.5. The topological polar surface area (TPSA) is 223 Å². The summed E-state index contributed by atoms with van der Waals surface area (Å²) in [7, 11) is 1.43. The molecular weight excluding hydrogens is 776 g/mol. The van der Waals surface area contributed by atoms with Crippen LogP contribution in [-0.2, 0) is 28.6 Å². The third kappa shape index (κ3) is 9.90. The van der Waals surface area contributed by atoms with Gasteiger partial charge >= 0.3 is 11.8 Å². The molecule has 3 aliphatic rings. The van der Waals surface area contributed by atoms with Crippen LogP contribution in [-0.4, -0.2) is 92.8 Å². The van der Waals surface area contributed by atoms with Crippen molar-refractivity contribution in [2.24, 2.45) is 28.8 Å². The van der Waals surface area contributed by atoms with Gasteiger partial charge in [0.2, 0.25) is 0 Å². The van der Waals surface area contributed by atoms with Gasteiger partial charge in [0.15, 0.2) is 5.75 Å². The summed E-state index contributed by atoms with van der Waals surface area (Å²) >= 11 is 0. The van der Waals surface area contributed by atoms with Gasteiger partial charge in [-0.15, -0.1) is 0 Å². The van der Waals surface area contributed by atoms with Crippen molar-refractivity contribution in [3.05, 3.63) is 52.8 Å². The average molecular weight is 839 g/mol. The molecule has 2 aromatic carbocycles. The number of esters is 1. The molecule has 2 aromatic rings. The van der Waals surface area contributed by atoms with Crippen LogP contribution in [0.1, 0.15) is 109 Å². The molecule has 3 heterocycles. The summed E-state index contributed by atoms with van der Waals surface area (Å²) in [5, 5.41) is 64.4. The van der Waals surface area contributed by atoms with E-state index in [1.54, 1.807) is 39.8 Å². The first-order chi connectivity index (χ1) is 28.2. The van der Waals surface area contributed by atoms with Crippen LogP contribution in [0.15, 0.2) is 41.3 Å². The Balaban J connectivity index is 1.95. The molecule has 15 nitrogen and oxygen atoms in total. The van der Waals surface area contributed by atoms with E-state index in [0.717, 1.165) is 25.5 Å². The molecule has 6 N–H and O–H groups in total. The lowest BCUT2D eigenvalue weighted by Gasteiger charge is -2.38. The van der Waals surface area contributed by atoms with Gasteiger partial charge < -0.3 is 54.6 Å². The maximum atomic E-state index is 14.4. The van der Waals surface area contributed by atoms with Crippen molar-refractivity contribution in [1.29, 1.82) is 0 Å². The third-order valence-electron chi connectivity index (χ3n) is 11.7. The number of ketones is 1. The van der Waals surface area contributed by atoms with Gasteiger partial charge in [-0.2, -0.15) is 0 Å². The Bertz CT molecular complexity index is 2040. The molecule has 0 aromatic heterocycles. The number of aliphatic hydroxyl groups is 2. The van der Waals surface area contributed by atoms with Gasteiger partial charge in [-0.05, 0) is 39.7 Å². The quantitative estimate of drug-likeness (QED) is 0.0372. The van der Waals surface area contributed by atoms with Gasteiger partial charge in [0.1, 0.15) is 29.5 Å². The molecular formula is C45H62N2O13. The molecule has 10 atom stereocenters. The van der Waals surface area contributed by atoms with Crippen molar-refractivity contribution >= 4 is 40.3 Å². The lowest BCUT2D eigenvalue weighted by molar-refractivity contribution is -0.160. The second-order valence-electron chi connectivity index (χ2n) is 16.3. The van der Waals surface area contributed by atoms with Crippen LogP contribution in [0.3, 0.4) is 0 Å². The number of phenols is 3. The number of hydrogen-bond donors (Lipinski definition) is 6. The maximum absolute atomic E-state index is 14.4. The molecule has 15 heteroatoms. The Morgan fingerprint density at radius 1 is 0.983 bits per heavy atom. The summed E-state index contributed by atoms with van der Waals surface area (Å²) in [6, 6.07) is 0. The van der Waals surface area contributed by atoms with E-state index in [-0.39, 0.29) is 50.6 Å². The number of aromatic hydroxyl groups is 3. The van der Waals surface area contributed by atoms with Crippen LogP contribution < -0.4 is 10.1 Å². The molecule has 5 rings (SSSR count). The fraction of sp³-hybridized carbons (Fsp3) is 0.556. The second kappa shape index (κ2) is 20.0. The number of benzene rings is 2. The van der Waals surface area contributed by atoms with Gasteiger partial charge in [0, 0.05) is 61.2 Å². The van der Waals surface area contributed by atoms with Crippen molar-refractivity contribution in [3.8, 4) is 23.0 Å². The normalized spacial score (nSPS) is 30.3. The predicted octanol–water partition coefficient (Wildman–Crippen LogP) is 7.07. The number of allylic oxidation sites excluding steroid dienone is 2. The minimum absolute atomic E-state index is 0.0391. The Morgan fingerprint density at radius 3 is 2.30 bits per heavy atom. The number of nitrogens with zero attached hydrogens (tertiary/aromatic N) is 1. The van der Waals surface area contributed by atoms with Gasteiger partial charge in [-0.1, -0.05) is 70.8 Å². The first-order valence-electron chi connectivity index (χ1n) is 20.5. The van der Waals surface area contributed by atoms with E-state index in [2.05, 4.69) is 17.4 Å². The predicted molar refractivity (Wildman–Crippen MR) is 226 cm³/mol. The fourth-order valence-electron chi connectivity index (χ4n) is 7.79. The number of nitrogens with one attached hydrogen (secondary N) is 1. The van der Waals surface area contributed by atoms with Gasteiger partial charge in [0.25, 0.3) is 11.7 Å². The molecule has 5 bridgehead atoms. The van der Waals surface area contributed by atoms with Crippen LogP contribution in [0.25, 0.3) is 10.8 Å². The summed E-state index contributed by atoms with van der Waals surface area (Å²) in [6.45, 7) is 16.4. The summed E-state index contributed by atoms with van der Waals surface area (Å²) in [5.41, 5.74) is -0.565. The Kier molecular flexibility index (Phi) is 15.8. The summed E-state index contributed by atoms with van der Waals surface area (Å²) in [6.07, 6.45) is 7.90. The average Bonchev–Trinajstić information content (AvgIpc) is 3.47. The third-order valence-corrected chi connectivity index (χ3v) is 11.7. The highest BCUT2D eigenvalue weighted by Gasteiger charge is 2.50. The number of carbonyl (C=O) groups excluding carboxylic acids is 3. The van der Waals surface area contributed by atoms with E-state index < -0.39 is 88.8 Å². The van der Waals surface area contributed by atoms with Crippen LogP contribution in [0.5, 0.6) is 23.0 Å². The summed E-state index contributed by atoms with van der Waals surface area (Å²) < 4.78 is 23.6. The molecule has 3 aliphatic heterocycles. The zero-order valence-corrected chi connectivity index (χ0v) is 36.4. The van der Waals surface area contributed by atoms with E-state index in [0.29, 0.717) is 6.42 Å². The van der Waals surface area contributed by atoms with E-state index in [1.807, 2.05) is 6.92 Å². The minimum atomic E-state index is -2.06. The van der Waals surface area contributed by atoms with E-state index in [4.69, 9.17) is 23.8 Å². The fourth-order valence-corrected chi connectivity index (χ4v) is 7.79. The number of ether oxygens (including phenoxy) is 4. The summed E-state index contributed by atoms with van der Waals surface area (Å²) in [4.78, 5) is 46.1. The minimum Gasteiger partial charge on any atom is -0.507 e.